The van der Waals surface area contributed by atoms with Crippen molar-refractivity contribution in [1.29, 1.82) is 0 Å². The molecule has 2 aliphatic rings. The minimum Gasteiger partial charge on any atom is -0.481 e. The summed E-state index contributed by atoms with van der Waals surface area (Å²) in [4.78, 5) is 25.8. The summed E-state index contributed by atoms with van der Waals surface area (Å²) in [6.45, 7) is 1.40. The van der Waals surface area contributed by atoms with Crippen LogP contribution in [-0.2, 0) is 15.0 Å². The van der Waals surface area contributed by atoms with E-state index in [0.29, 0.717) is 13.1 Å². The molecule has 4 heteroatoms. The smallest absolute Gasteiger partial charge is 0.303 e. The normalized spacial score (nSPS) is 21.2. The van der Waals surface area contributed by atoms with E-state index in [-0.39, 0.29) is 23.7 Å². The molecule has 1 aromatic rings. The van der Waals surface area contributed by atoms with Crippen LogP contribution in [0.2, 0.25) is 0 Å². The van der Waals surface area contributed by atoms with Crippen LogP contribution in [0.15, 0.2) is 30.3 Å². The molecule has 0 radical (unpaired) electrons. The number of piperidine rings is 1. The number of aliphatic carboxylic acids is 1. The monoisotopic (exact) mass is 301 g/mol. The number of amides is 1. The van der Waals surface area contributed by atoms with Gasteiger partial charge in [0.15, 0.2) is 0 Å². The van der Waals surface area contributed by atoms with Gasteiger partial charge >= 0.3 is 5.97 Å². The maximum atomic E-state index is 13.0. The van der Waals surface area contributed by atoms with Gasteiger partial charge in [-0.1, -0.05) is 36.8 Å². The van der Waals surface area contributed by atoms with Gasteiger partial charge in [0.05, 0.1) is 5.41 Å². The van der Waals surface area contributed by atoms with E-state index >= 15 is 0 Å². The highest BCUT2D eigenvalue weighted by Crippen LogP contribution is 2.45. The third-order valence-corrected chi connectivity index (χ3v) is 5.31. The fourth-order valence-electron chi connectivity index (χ4n) is 3.80. The van der Waals surface area contributed by atoms with Gasteiger partial charge in [0.2, 0.25) is 5.91 Å². The van der Waals surface area contributed by atoms with E-state index in [9.17, 15) is 9.59 Å². The molecule has 1 N–H and O–H groups in total. The lowest BCUT2D eigenvalue weighted by Gasteiger charge is -2.45. The predicted octanol–water partition coefficient (Wildman–Crippen LogP) is 2.82. The molecule has 1 saturated carbocycles. The van der Waals surface area contributed by atoms with Crippen molar-refractivity contribution >= 4 is 11.9 Å². The molecule has 0 unspecified atom stereocenters. The number of hydrogen-bond donors (Lipinski definition) is 1. The number of carbonyl (C=O) groups is 2. The molecular formula is C18H23NO3. The molecule has 3 rings (SSSR count). The molecule has 0 aromatic heterocycles. The second kappa shape index (κ2) is 6.11. The molecule has 4 nitrogen and oxygen atoms in total. The average molecular weight is 301 g/mol. The molecule has 118 valence electrons. The first-order valence-electron chi connectivity index (χ1n) is 8.18. The highest BCUT2D eigenvalue weighted by atomic mass is 16.4. The van der Waals surface area contributed by atoms with Gasteiger partial charge in [-0.15, -0.1) is 0 Å². The van der Waals surface area contributed by atoms with Crippen molar-refractivity contribution in [1.82, 2.24) is 4.90 Å². The number of hydrogen-bond acceptors (Lipinski definition) is 2. The molecule has 0 spiro atoms. The highest BCUT2D eigenvalue weighted by molar-refractivity contribution is 5.89. The van der Waals surface area contributed by atoms with E-state index in [2.05, 4.69) is 12.1 Å². The van der Waals surface area contributed by atoms with Gasteiger partial charge in [-0.05, 0) is 37.2 Å². The Kier molecular flexibility index (Phi) is 4.19. The molecule has 1 heterocycles. The van der Waals surface area contributed by atoms with Gasteiger partial charge in [0, 0.05) is 19.5 Å². The van der Waals surface area contributed by atoms with Crippen LogP contribution in [-0.4, -0.2) is 35.0 Å². The maximum absolute atomic E-state index is 13.0. The topological polar surface area (TPSA) is 57.6 Å². The van der Waals surface area contributed by atoms with E-state index in [1.165, 1.54) is 0 Å². The van der Waals surface area contributed by atoms with Crippen molar-refractivity contribution in [2.24, 2.45) is 5.92 Å². The Morgan fingerprint density at radius 2 is 1.77 bits per heavy atom. The molecule has 1 aliphatic heterocycles. The van der Waals surface area contributed by atoms with Crippen molar-refractivity contribution in [2.45, 2.75) is 43.9 Å². The van der Waals surface area contributed by atoms with Gasteiger partial charge in [0.25, 0.3) is 0 Å². The number of nitrogens with zero attached hydrogens (tertiary/aromatic N) is 1. The zero-order chi connectivity index (χ0) is 15.6. The third-order valence-electron chi connectivity index (χ3n) is 5.31. The van der Waals surface area contributed by atoms with Gasteiger partial charge in [-0.2, -0.15) is 0 Å². The molecule has 2 fully saturated rings. The first-order valence-corrected chi connectivity index (χ1v) is 8.18. The fraction of sp³-hybridized carbons (Fsp3) is 0.556. The molecule has 22 heavy (non-hydrogen) atoms. The zero-order valence-corrected chi connectivity index (χ0v) is 12.8. The van der Waals surface area contributed by atoms with Crippen molar-refractivity contribution in [3.8, 4) is 0 Å². The Morgan fingerprint density at radius 1 is 1.14 bits per heavy atom. The lowest BCUT2D eigenvalue weighted by molar-refractivity contribution is -0.143. The van der Waals surface area contributed by atoms with Gasteiger partial charge in [0.1, 0.15) is 0 Å². The number of carboxylic acid groups (broad SMARTS) is 1. The van der Waals surface area contributed by atoms with Crippen LogP contribution in [0.25, 0.3) is 0 Å². The van der Waals surface area contributed by atoms with Crippen molar-refractivity contribution in [2.75, 3.05) is 13.1 Å². The van der Waals surface area contributed by atoms with E-state index < -0.39 is 5.97 Å². The minimum absolute atomic E-state index is 0.218. The summed E-state index contributed by atoms with van der Waals surface area (Å²) >= 11 is 0. The summed E-state index contributed by atoms with van der Waals surface area (Å²) in [7, 11) is 0. The van der Waals surface area contributed by atoms with Gasteiger partial charge < -0.3 is 10.0 Å². The molecule has 1 amide bonds. The van der Waals surface area contributed by atoms with E-state index in [0.717, 1.165) is 37.7 Å². The molecule has 0 bridgehead atoms. The summed E-state index contributed by atoms with van der Waals surface area (Å²) in [6, 6.07) is 10.1. The Hall–Kier alpha value is -1.84. The first-order chi connectivity index (χ1) is 10.6. The van der Waals surface area contributed by atoms with Crippen LogP contribution in [0.1, 0.15) is 44.1 Å². The summed E-state index contributed by atoms with van der Waals surface area (Å²) in [6.07, 6.45) is 4.82. The zero-order valence-electron chi connectivity index (χ0n) is 12.8. The largest absolute Gasteiger partial charge is 0.481 e. The SMILES string of the molecule is O=C(O)CC1CCN(C(=O)C2(c3ccccc3)CCC2)CC1. The Labute approximate surface area is 131 Å². The van der Waals surface area contributed by atoms with E-state index in [4.69, 9.17) is 5.11 Å². The number of benzene rings is 1. The minimum atomic E-state index is -0.732. The lowest BCUT2D eigenvalue weighted by Crippen LogP contribution is -2.53. The average Bonchev–Trinajstić information content (AvgIpc) is 2.47. The summed E-state index contributed by atoms with van der Waals surface area (Å²) in [5, 5.41) is 8.89. The van der Waals surface area contributed by atoms with E-state index in [1.54, 1.807) is 0 Å². The van der Waals surface area contributed by atoms with Crippen LogP contribution in [0, 0.1) is 5.92 Å². The van der Waals surface area contributed by atoms with Gasteiger partial charge in [-0.25, -0.2) is 0 Å². The number of rotatable bonds is 4. The van der Waals surface area contributed by atoms with Crippen molar-refractivity contribution < 1.29 is 14.7 Å². The molecular weight excluding hydrogens is 278 g/mol. The highest BCUT2D eigenvalue weighted by Gasteiger charge is 2.47. The predicted molar refractivity (Wildman–Crippen MR) is 83.5 cm³/mol. The quantitative estimate of drug-likeness (QED) is 0.930. The summed E-state index contributed by atoms with van der Waals surface area (Å²) in [5.74, 6) is -0.265. The van der Waals surface area contributed by atoms with Crippen LogP contribution in [0.4, 0.5) is 0 Å². The molecule has 1 aromatic carbocycles. The number of carboxylic acids is 1. The van der Waals surface area contributed by atoms with Crippen molar-refractivity contribution in [3.63, 3.8) is 0 Å². The summed E-state index contributed by atoms with van der Waals surface area (Å²) < 4.78 is 0. The maximum Gasteiger partial charge on any atom is 0.303 e. The van der Waals surface area contributed by atoms with Crippen LogP contribution in [0.5, 0.6) is 0 Å². The lowest BCUT2D eigenvalue weighted by atomic mass is 9.63. The Balaban J connectivity index is 1.68. The van der Waals surface area contributed by atoms with Crippen LogP contribution < -0.4 is 0 Å². The summed E-state index contributed by atoms with van der Waals surface area (Å²) in [5.41, 5.74) is 0.819. The van der Waals surface area contributed by atoms with Gasteiger partial charge in [-0.3, -0.25) is 9.59 Å². The van der Waals surface area contributed by atoms with Crippen LogP contribution >= 0.6 is 0 Å². The molecule has 1 saturated heterocycles. The first kappa shape index (κ1) is 15.1. The standard InChI is InChI=1S/C18H23NO3/c20-16(21)13-14-7-11-19(12-8-14)17(22)18(9-4-10-18)15-5-2-1-3-6-15/h1-3,5-6,14H,4,7-13H2,(H,20,21). The fourth-order valence-corrected chi connectivity index (χ4v) is 3.80. The van der Waals surface area contributed by atoms with Crippen molar-refractivity contribution in [3.05, 3.63) is 35.9 Å². The molecule has 1 aliphatic carbocycles. The second-order valence-corrected chi connectivity index (χ2v) is 6.64. The number of likely N-dealkylation sites (tertiary alicyclic amines) is 1. The molecule has 0 atom stereocenters. The Bertz CT molecular complexity index is 543. The third kappa shape index (κ3) is 2.74. The second-order valence-electron chi connectivity index (χ2n) is 6.64. The Morgan fingerprint density at radius 3 is 2.27 bits per heavy atom. The van der Waals surface area contributed by atoms with Crippen LogP contribution in [0.3, 0.4) is 0 Å². The van der Waals surface area contributed by atoms with E-state index in [1.807, 2.05) is 23.1 Å². The number of carbonyl (C=O) groups excluding carboxylic acids is 1.